The Morgan fingerprint density at radius 2 is 1.38 bits per heavy atom. The van der Waals surface area contributed by atoms with Gasteiger partial charge >= 0.3 is 11.8 Å². The number of amides is 2. The molecule has 1 fully saturated rings. The van der Waals surface area contributed by atoms with Crippen molar-refractivity contribution in [2.24, 2.45) is 0 Å². The summed E-state index contributed by atoms with van der Waals surface area (Å²) in [7, 11) is 3.27. The summed E-state index contributed by atoms with van der Waals surface area (Å²) in [5, 5.41) is 5.34. The average Bonchev–Trinajstić information content (AvgIpc) is 2.85. The zero-order valence-electron chi connectivity index (χ0n) is 18.8. The predicted octanol–water partition coefficient (Wildman–Crippen LogP) is 1.65. The first-order valence-electron chi connectivity index (χ1n) is 10.9. The molecule has 0 saturated carbocycles. The maximum Gasteiger partial charge on any atom is 0.309 e. The molecular weight excluding hydrogens is 408 g/mol. The first-order chi connectivity index (χ1) is 15.6. The van der Waals surface area contributed by atoms with Crippen LogP contribution >= 0.6 is 0 Å². The number of anilines is 1. The molecule has 2 aromatic rings. The highest BCUT2D eigenvalue weighted by Gasteiger charge is 2.17. The van der Waals surface area contributed by atoms with E-state index in [9.17, 15) is 9.59 Å². The molecule has 1 aliphatic rings. The number of carbonyl (C=O) groups excluding carboxylic acids is 2. The molecule has 32 heavy (non-hydrogen) atoms. The minimum absolute atomic E-state index is 0.300. The normalized spacial score (nSPS) is 14.0. The second-order valence-corrected chi connectivity index (χ2v) is 7.67. The van der Waals surface area contributed by atoms with E-state index in [-0.39, 0.29) is 0 Å². The SMILES string of the molecule is COc1ccc(CNC(=O)C(=O)NCCCN2CCN(c3ccc(OC)cc3)CC2)cc1. The Balaban J connectivity index is 1.28. The van der Waals surface area contributed by atoms with Crippen molar-refractivity contribution in [1.82, 2.24) is 15.5 Å². The molecule has 8 heteroatoms. The van der Waals surface area contributed by atoms with Crippen molar-refractivity contribution in [2.75, 3.05) is 58.4 Å². The average molecular weight is 441 g/mol. The lowest BCUT2D eigenvalue weighted by atomic mass is 10.2. The van der Waals surface area contributed by atoms with Crippen LogP contribution in [0.15, 0.2) is 48.5 Å². The minimum atomic E-state index is -0.617. The Kier molecular flexibility index (Phi) is 8.74. The molecule has 8 nitrogen and oxygen atoms in total. The van der Waals surface area contributed by atoms with Crippen LogP contribution in [0.1, 0.15) is 12.0 Å². The smallest absolute Gasteiger partial charge is 0.309 e. The van der Waals surface area contributed by atoms with E-state index in [4.69, 9.17) is 9.47 Å². The van der Waals surface area contributed by atoms with E-state index >= 15 is 0 Å². The maximum absolute atomic E-state index is 12.0. The molecular formula is C24H32N4O4. The number of hydrogen-bond acceptors (Lipinski definition) is 6. The Morgan fingerprint density at radius 1 is 0.812 bits per heavy atom. The third kappa shape index (κ3) is 6.88. The highest BCUT2D eigenvalue weighted by molar-refractivity contribution is 6.35. The van der Waals surface area contributed by atoms with E-state index < -0.39 is 11.8 Å². The molecule has 172 valence electrons. The lowest BCUT2D eigenvalue weighted by Gasteiger charge is -2.36. The number of rotatable bonds is 9. The van der Waals surface area contributed by atoms with Gasteiger partial charge in [0.15, 0.2) is 0 Å². The van der Waals surface area contributed by atoms with E-state index in [2.05, 4.69) is 32.6 Å². The molecule has 1 saturated heterocycles. The second-order valence-electron chi connectivity index (χ2n) is 7.67. The number of carbonyl (C=O) groups is 2. The van der Waals surface area contributed by atoms with Gasteiger partial charge in [-0.2, -0.15) is 0 Å². The van der Waals surface area contributed by atoms with Crippen molar-refractivity contribution < 1.29 is 19.1 Å². The summed E-state index contributed by atoms with van der Waals surface area (Å²) < 4.78 is 10.3. The molecule has 0 aliphatic carbocycles. The number of benzene rings is 2. The van der Waals surface area contributed by atoms with E-state index in [0.717, 1.165) is 56.2 Å². The Bertz CT molecular complexity index is 863. The number of hydrogen-bond donors (Lipinski definition) is 2. The predicted molar refractivity (Wildman–Crippen MR) is 124 cm³/mol. The van der Waals surface area contributed by atoms with Crippen LogP contribution in [-0.4, -0.2) is 70.2 Å². The van der Waals surface area contributed by atoms with Gasteiger partial charge in [0.1, 0.15) is 11.5 Å². The molecule has 2 aromatic carbocycles. The molecule has 1 heterocycles. The summed E-state index contributed by atoms with van der Waals surface area (Å²) in [5.74, 6) is 0.403. The number of ether oxygens (including phenoxy) is 2. The fourth-order valence-electron chi connectivity index (χ4n) is 3.61. The third-order valence-corrected chi connectivity index (χ3v) is 5.56. The van der Waals surface area contributed by atoms with Gasteiger partial charge in [0.25, 0.3) is 0 Å². The van der Waals surface area contributed by atoms with Crippen LogP contribution in [0, 0.1) is 0 Å². The molecule has 0 radical (unpaired) electrons. The van der Waals surface area contributed by atoms with Gasteiger partial charge in [0, 0.05) is 45.0 Å². The first kappa shape index (κ1) is 23.4. The Labute approximate surface area is 189 Å². The van der Waals surface area contributed by atoms with Crippen LogP contribution in [-0.2, 0) is 16.1 Å². The van der Waals surface area contributed by atoms with E-state index in [1.165, 1.54) is 5.69 Å². The van der Waals surface area contributed by atoms with Gasteiger partial charge in [-0.1, -0.05) is 12.1 Å². The fourth-order valence-corrected chi connectivity index (χ4v) is 3.61. The lowest BCUT2D eigenvalue weighted by Crippen LogP contribution is -2.47. The van der Waals surface area contributed by atoms with Crippen molar-refractivity contribution in [3.8, 4) is 11.5 Å². The largest absolute Gasteiger partial charge is 0.497 e. The van der Waals surface area contributed by atoms with Crippen LogP contribution in [0.5, 0.6) is 11.5 Å². The van der Waals surface area contributed by atoms with Crippen LogP contribution in [0.3, 0.4) is 0 Å². The number of nitrogens with zero attached hydrogens (tertiary/aromatic N) is 2. The molecule has 0 spiro atoms. The highest BCUT2D eigenvalue weighted by atomic mass is 16.5. The molecule has 1 aliphatic heterocycles. The number of nitrogens with one attached hydrogen (secondary N) is 2. The molecule has 2 N–H and O–H groups in total. The summed E-state index contributed by atoms with van der Waals surface area (Å²) in [6.07, 6.45) is 0.806. The lowest BCUT2D eigenvalue weighted by molar-refractivity contribution is -0.139. The van der Waals surface area contributed by atoms with Crippen LogP contribution in [0.4, 0.5) is 5.69 Å². The summed E-state index contributed by atoms with van der Waals surface area (Å²) in [5.41, 5.74) is 2.11. The quantitative estimate of drug-likeness (QED) is 0.456. The molecule has 0 atom stereocenters. The molecule has 0 bridgehead atoms. The standard InChI is InChI=1S/C24H32N4O4/c1-31-21-8-4-19(5-9-21)18-26-24(30)23(29)25-12-3-13-27-14-16-28(17-15-27)20-6-10-22(32-2)11-7-20/h4-11H,3,12-18H2,1-2H3,(H,25,29)(H,26,30). The fraction of sp³-hybridized carbons (Fsp3) is 0.417. The summed E-state index contributed by atoms with van der Waals surface area (Å²) in [6.45, 7) is 5.55. The van der Waals surface area contributed by atoms with Gasteiger partial charge in [-0.25, -0.2) is 0 Å². The molecule has 3 rings (SSSR count). The third-order valence-electron chi connectivity index (χ3n) is 5.56. The maximum atomic E-state index is 12.0. The van der Waals surface area contributed by atoms with Gasteiger partial charge in [-0.15, -0.1) is 0 Å². The van der Waals surface area contributed by atoms with Crippen LogP contribution in [0.25, 0.3) is 0 Å². The van der Waals surface area contributed by atoms with Crippen molar-refractivity contribution in [2.45, 2.75) is 13.0 Å². The molecule has 2 amide bonds. The summed E-state index contributed by atoms with van der Waals surface area (Å²) >= 11 is 0. The Morgan fingerprint density at radius 3 is 1.97 bits per heavy atom. The van der Waals surface area contributed by atoms with Crippen molar-refractivity contribution >= 4 is 17.5 Å². The summed E-state index contributed by atoms with van der Waals surface area (Å²) in [4.78, 5) is 28.7. The van der Waals surface area contributed by atoms with Gasteiger partial charge in [-0.05, 0) is 54.9 Å². The van der Waals surface area contributed by atoms with Crippen molar-refractivity contribution in [3.05, 3.63) is 54.1 Å². The van der Waals surface area contributed by atoms with E-state index in [0.29, 0.717) is 13.1 Å². The van der Waals surface area contributed by atoms with E-state index in [1.54, 1.807) is 14.2 Å². The van der Waals surface area contributed by atoms with Gasteiger partial charge in [0.2, 0.25) is 0 Å². The second kappa shape index (κ2) is 12.0. The summed E-state index contributed by atoms with van der Waals surface area (Å²) in [6, 6.07) is 15.5. The molecule has 0 aromatic heterocycles. The van der Waals surface area contributed by atoms with Crippen LogP contribution < -0.4 is 25.0 Å². The van der Waals surface area contributed by atoms with Gasteiger partial charge in [-0.3, -0.25) is 14.5 Å². The Hall–Kier alpha value is -3.26. The van der Waals surface area contributed by atoms with Crippen LogP contribution in [0.2, 0.25) is 0 Å². The zero-order chi connectivity index (χ0) is 22.8. The molecule has 0 unspecified atom stereocenters. The van der Waals surface area contributed by atoms with Gasteiger partial charge in [0.05, 0.1) is 14.2 Å². The van der Waals surface area contributed by atoms with E-state index in [1.807, 2.05) is 36.4 Å². The highest BCUT2D eigenvalue weighted by Crippen LogP contribution is 2.20. The monoisotopic (exact) mass is 440 g/mol. The first-order valence-corrected chi connectivity index (χ1v) is 10.9. The minimum Gasteiger partial charge on any atom is -0.497 e. The zero-order valence-corrected chi connectivity index (χ0v) is 18.8. The number of piperazine rings is 1. The van der Waals surface area contributed by atoms with Crippen molar-refractivity contribution in [3.63, 3.8) is 0 Å². The topological polar surface area (TPSA) is 83.1 Å². The number of methoxy groups -OCH3 is 2. The van der Waals surface area contributed by atoms with Gasteiger partial charge < -0.3 is 25.0 Å². The van der Waals surface area contributed by atoms with Crippen molar-refractivity contribution in [1.29, 1.82) is 0 Å².